The van der Waals surface area contributed by atoms with Crippen LogP contribution >= 0.6 is 0 Å². The molecule has 1 aliphatic rings. The van der Waals surface area contributed by atoms with Crippen LogP contribution in [0.15, 0.2) is 0 Å². The molecule has 0 aromatic rings. The molecule has 0 saturated carbocycles. The van der Waals surface area contributed by atoms with Crippen LogP contribution in [0, 0.1) is 5.92 Å². The molecule has 0 amide bonds. The maximum absolute atomic E-state index is 11.2. The molecule has 1 fully saturated rings. The predicted octanol–water partition coefficient (Wildman–Crippen LogP) is 0.0274. The third kappa shape index (κ3) is 1.42. The summed E-state index contributed by atoms with van der Waals surface area (Å²) in [5.74, 6) is 0.540. The highest BCUT2D eigenvalue weighted by Gasteiger charge is 2.46. The smallest absolute Gasteiger partial charge is 0.156 e. The fourth-order valence-electron chi connectivity index (χ4n) is 1.71. The third-order valence-electron chi connectivity index (χ3n) is 2.25. The van der Waals surface area contributed by atoms with Crippen molar-refractivity contribution in [1.82, 2.24) is 5.32 Å². The molecule has 3 nitrogen and oxygen atoms in total. The van der Waals surface area contributed by atoms with E-state index in [0.29, 0.717) is 5.75 Å². The third-order valence-corrected chi connectivity index (χ3v) is 4.78. The van der Waals surface area contributed by atoms with Crippen molar-refractivity contribution < 1.29 is 8.42 Å². The molecule has 1 aliphatic heterocycles. The fourth-order valence-corrected chi connectivity index (χ4v) is 4.01. The maximum Gasteiger partial charge on any atom is 0.156 e. The van der Waals surface area contributed by atoms with Gasteiger partial charge in [0.15, 0.2) is 9.84 Å². The number of hydrogen-bond donors (Lipinski definition) is 1. The van der Waals surface area contributed by atoms with E-state index < -0.39 is 9.84 Å². The maximum atomic E-state index is 11.2. The van der Waals surface area contributed by atoms with Crippen LogP contribution in [0.2, 0.25) is 0 Å². The lowest BCUT2D eigenvalue weighted by Crippen LogP contribution is -2.60. The van der Waals surface area contributed by atoms with Crippen molar-refractivity contribution in [2.75, 3.05) is 12.8 Å². The van der Waals surface area contributed by atoms with Gasteiger partial charge in [0.1, 0.15) is 0 Å². The Hall–Kier alpha value is -0.0900. The van der Waals surface area contributed by atoms with Gasteiger partial charge in [0, 0.05) is 6.04 Å². The summed E-state index contributed by atoms with van der Waals surface area (Å²) < 4.78 is 22.4. The second-order valence-electron chi connectivity index (χ2n) is 3.43. The minimum Gasteiger partial charge on any atom is -0.315 e. The van der Waals surface area contributed by atoms with E-state index in [0.717, 1.165) is 0 Å². The van der Waals surface area contributed by atoms with E-state index in [1.165, 1.54) is 0 Å². The van der Waals surface area contributed by atoms with Crippen LogP contribution in [-0.4, -0.2) is 32.5 Å². The Balaban J connectivity index is 2.73. The number of sulfone groups is 1. The highest BCUT2D eigenvalue weighted by Crippen LogP contribution is 2.27. The lowest BCUT2D eigenvalue weighted by Gasteiger charge is -2.38. The van der Waals surface area contributed by atoms with Gasteiger partial charge in [-0.3, -0.25) is 0 Å². The first-order valence-corrected chi connectivity index (χ1v) is 5.59. The largest absolute Gasteiger partial charge is 0.315 e. The van der Waals surface area contributed by atoms with E-state index >= 15 is 0 Å². The van der Waals surface area contributed by atoms with Gasteiger partial charge >= 0.3 is 0 Å². The van der Waals surface area contributed by atoms with E-state index in [4.69, 9.17) is 0 Å². The van der Waals surface area contributed by atoms with Gasteiger partial charge in [-0.1, -0.05) is 13.8 Å². The lowest BCUT2D eigenvalue weighted by atomic mass is 10.0. The molecule has 11 heavy (non-hydrogen) atoms. The molecule has 0 aromatic heterocycles. The van der Waals surface area contributed by atoms with Crippen LogP contribution < -0.4 is 5.32 Å². The highest BCUT2D eigenvalue weighted by molar-refractivity contribution is 7.93. The van der Waals surface area contributed by atoms with E-state index in [-0.39, 0.29) is 17.2 Å². The second kappa shape index (κ2) is 2.75. The molecule has 1 saturated heterocycles. The highest BCUT2D eigenvalue weighted by atomic mass is 32.2. The van der Waals surface area contributed by atoms with Crippen LogP contribution in [0.3, 0.4) is 0 Å². The van der Waals surface area contributed by atoms with Gasteiger partial charge in [0.25, 0.3) is 0 Å². The standard InChI is InChI=1S/C7H15NO2S/c1-5(2)7-6(8-3)4-11(7,9)10/h5-8H,4H2,1-3H3. The van der Waals surface area contributed by atoms with Gasteiger partial charge in [-0.25, -0.2) is 8.42 Å². The quantitative estimate of drug-likeness (QED) is 0.647. The van der Waals surface area contributed by atoms with Crippen molar-refractivity contribution in [3.63, 3.8) is 0 Å². The zero-order valence-electron chi connectivity index (χ0n) is 7.16. The average Bonchev–Trinajstić information content (AvgIpc) is 1.81. The van der Waals surface area contributed by atoms with Crippen LogP contribution in [-0.2, 0) is 9.84 Å². The summed E-state index contributed by atoms with van der Waals surface area (Å²) in [6.07, 6.45) is 0. The Morgan fingerprint density at radius 2 is 2.00 bits per heavy atom. The molecule has 4 heteroatoms. The normalized spacial score (nSPS) is 35.3. The molecule has 0 aromatic carbocycles. The molecule has 0 aliphatic carbocycles. The molecule has 2 unspecified atom stereocenters. The number of hydrogen-bond acceptors (Lipinski definition) is 3. The Labute approximate surface area is 68.1 Å². The van der Waals surface area contributed by atoms with Crippen LogP contribution in [0.4, 0.5) is 0 Å². The molecule has 1 rings (SSSR count). The van der Waals surface area contributed by atoms with Gasteiger partial charge in [0.2, 0.25) is 0 Å². The van der Waals surface area contributed by atoms with Crippen molar-refractivity contribution in [3.05, 3.63) is 0 Å². The SMILES string of the molecule is CNC1CS(=O)(=O)C1C(C)C. The molecule has 2 atom stereocenters. The van der Waals surface area contributed by atoms with Gasteiger partial charge in [-0.05, 0) is 13.0 Å². The van der Waals surface area contributed by atoms with E-state index in [2.05, 4.69) is 5.32 Å². The van der Waals surface area contributed by atoms with Crippen LogP contribution in [0.25, 0.3) is 0 Å². The molecule has 1 N–H and O–H groups in total. The second-order valence-corrected chi connectivity index (χ2v) is 5.64. The molecule has 0 radical (unpaired) electrons. The topological polar surface area (TPSA) is 46.2 Å². The molecular weight excluding hydrogens is 162 g/mol. The Morgan fingerprint density at radius 1 is 1.45 bits per heavy atom. The number of rotatable bonds is 2. The summed E-state index contributed by atoms with van der Waals surface area (Å²) in [6, 6.07) is 0.181. The van der Waals surface area contributed by atoms with Gasteiger partial charge < -0.3 is 5.32 Å². The fraction of sp³-hybridized carbons (Fsp3) is 1.00. The van der Waals surface area contributed by atoms with E-state index in [1.807, 2.05) is 20.9 Å². The molecule has 0 bridgehead atoms. The van der Waals surface area contributed by atoms with Crippen molar-refractivity contribution >= 4 is 9.84 Å². The Morgan fingerprint density at radius 3 is 2.18 bits per heavy atom. The summed E-state index contributed by atoms with van der Waals surface area (Å²) in [5, 5.41) is 2.85. The summed E-state index contributed by atoms with van der Waals surface area (Å²) in [7, 11) is -0.931. The summed E-state index contributed by atoms with van der Waals surface area (Å²) >= 11 is 0. The van der Waals surface area contributed by atoms with Crippen LogP contribution in [0.5, 0.6) is 0 Å². The number of nitrogens with one attached hydrogen (secondary N) is 1. The first-order valence-electron chi connectivity index (χ1n) is 3.88. The van der Waals surface area contributed by atoms with E-state index in [1.54, 1.807) is 0 Å². The van der Waals surface area contributed by atoms with Crippen LogP contribution in [0.1, 0.15) is 13.8 Å². The van der Waals surface area contributed by atoms with Crippen molar-refractivity contribution in [1.29, 1.82) is 0 Å². The Bertz CT molecular complexity index is 233. The van der Waals surface area contributed by atoms with Crippen molar-refractivity contribution in [2.24, 2.45) is 5.92 Å². The minimum atomic E-state index is -2.75. The van der Waals surface area contributed by atoms with Gasteiger partial charge in [0.05, 0.1) is 11.0 Å². The first kappa shape index (κ1) is 9.00. The summed E-state index contributed by atoms with van der Waals surface area (Å²) in [5.41, 5.74) is 0. The van der Waals surface area contributed by atoms with E-state index in [9.17, 15) is 8.42 Å². The zero-order chi connectivity index (χ0) is 8.65. The first-order chi connectivity index (χ1) is 4.99. The monoisotopic (exact) mass is 177 g/mol. The summed E-state index contributed by atoms with van der Waals surface area (Å²) in [4.78, 5) is 0. The molecular formula is C7H15NO2S. The lowest BCUT2D eigenvalue weighted by molar-refractivity contribution is 0.411. The van der Waals surface area contributed by atoms with Crippen molar-refractivity contribution in [2.45, 2.75) is 25.1 Å². The van der Waals surface area contributed by atoms with Gasteiger partial charge in [-0.15, -0.1) is 0 Å². The minimum absolute atomic E-state index is 0.160. The summed E-state index contributed by atoms with van der Waals surface area (Å²) in [6.45, 7) is 3.90. The average molecular weight is 177 g/mol. The Kier molecular flexibility index (Phi) is 2.25. The predicted molar refractivity (Wildman–Crippen MR) is 45.3 cm³/mol. The zero-order valence-corrected chi connectivity index (χ0v) is 7.98. The molecule has 0 spiro atoms. The molecule has 66 valence electrons. The molecule has 1 heterocycles. The van der Waals surface area contributed by atoms with Crippen molar-refractivity contribution in [3.8, 4) is 0 Å². The van der Waals surface area contributed by atoms with Gasteiger partial charge in [-0.2, -0.15) is 0 Å².